The highest BCUT2D eigenvalue weighted by Crippen LogP contribution is 2.05. The van der Waals surface area contributed by atoms with Gasteiger partial charge >= 0.3 is 0 Å². The molecule has 0 radical (unpaired) electrons. The number of aromatic nitrogens is 2. The van der Waals surface area contributed by atoms with E-state index in [2.05, 4.69) is 25.9 Å². The lowest BCUT2D eigenvalue weighted by molar-refractivity contribution is -0.117. The number of Topliss-reactive ketones (excluding diaryl/α,β-unsaturated/α-hetero) is 1. The van der Waals surface area contributed by atoms with E-state index in [-0.39, 0.29) is 5.78 Å². The summed E-state index contributed by atoms with van der Waals surface area (Å²) in [6, 6.07) is 0. The lowest BCUT2D eigenvalue weighted by Gasteiger charge is -1.96. The SMILES string of the molecule is CC(=O)CCc1ncc(Br)cn1. The van der Waals surface area contributed by atoms with E-state index in [1.54, 1.807) is 19.3 Å². The van der Waals surface area contributed by atoms with Crippen molar-refractivity contribution in [2.45, 2.75) is 19.8 Å². The lowest BCUT2D eigenvalue weighted by Crippen LogP contribution is -1.98. The van der Waals surface area contributed by atoms with E-state index in [1.165, 1.54) is 0 Å². The van der Waals surface area contributed by atoms with E-state index in [4.69, 9.17) is 0 Å². The van der Waals surface area contributed by atoms with E-state index in [9.17, 15) is 4.79 Å². The summed E-state index contributed by atoms with van der Waals surface area (Å²) in [5, 5.41) is 0. The number of aryl methyl sites for hydroxylation is 1. The Hall–Kier alpha value is -0.770. The van der Waals surface area contributed by atoms with E-state index in [0.29, 0.717) is 18.7 Å². The van der Waals surface area contributed by atoms with Gasteiger partial charge in [0.25, 0.3) is 0 Å². The Morgan fingerprint density at radius 3 is 2.58 bits per heavy atom. The van der Waals surface area contributed by atoms with Gasteiger partial charge in [0.1, 0.15) is 11.6 Å². The molecule has 4 heteroatoms. The van der Waals surface area contributed by atoms with Crippen LogP contribution >= 0.6 is 15.9 Å². The van der Waals surface area contributed by atoms with Crippen LogP contribution < -0.4 is 0 Å². The van der Waals surface area contributed by atoms with Crippen LogP contribution in [-0.4, -0.2) is 15.8 Å². The highest BCUT2D eigenvalue weighted by Gasteiger charge is 1.98. The maximum Gasteiger partial charge on any atom is 0.130 e. The van der Waals surface area contributed by atoms with Gasteiger partial charge in [0.2, 0.25) is 0 Å². The van der Waals surface area contributed by atoms with E-state index in [0.717, 1.165) is 4.47 Å². The molecule has 0 aromatic carbocycles. The van der Waals surface area contributed by atoms with Gasteiger partial charge < -0.3 is 4.79 Å². The van der Waals surface area contributed by atoms with E-state index in [1.807, 2.05) is 0 Å². The Balaban J connectivity index is 2.53. The number of carbonyl (C=O) groups is 1. The third-order valence-electron chi connectivity index (χ3n) is 1.37. The molecule has 0 saturated heterocycles. The van der Waals surface area contributed by atoms with Gasteiger partial charge in [0.15, 0.2) is 0 Å². The molecule has 0 aliphatic rings. The maximum absolute atomic E-state index is 10.6. The Bertz CT molecular complexity index is 271. The van der Waals surface area contributed by atoms with Crippen LogP contribution in [0.5, 0.6) is 0 Å². The van der Waals surface area contributed by atoms with Crippen molar-refractivity contribution in [1.82, 2.24) is 9.97 Å². The largest absolute Gasteiger partial charge is 0.300 e. The molecule has 0 saturated carbocycles. The second-order valence-electron chi connectivity index (χ2n) is 2.52. The number of hydrogen-bond donors (Lipinski definition) is 0. The van der Waals surface area contributed by atoms with Gasteiger partial charge in [0, 0.05) is 25.2 Å². The summed E-state index contributed by atoms with van der Waals surface area (Å²) >= 11 is 3.23. The summed E-state index contributed by atoms with van der Waals surface area (Å²) < 4.78 is 0.856. The summed E-state index contributed by atoms with van der Waals surface area (Å²) in [5.41, 5.74) is 0. The van der Waals surface area contributed by atoms with Gasteiger partial charge in [-0.3, -0.25) is 0 Å². The molecule has 12 heavy (non-hydrogen) atoms. The predicted molar refractivity (Wildman–Crippen MR) is 48.7 cm³/mol. The first-order valence-electron chi connectivity index (χ1n) is 3.64. The molecular formula is C8H9BrN2O. The number of carbonyl (C=O) groups excluding carboxylic acids is 1. The molecule has 1 aromatic heterocycles. The fourth-order valence-electron chi connectivity index (χ4n) is 0.756. The maximum atomic E-state index is 10.6. The van der Waals surface area contributed by atoms with Gasteiger partial charge in [-0.2, -0.15) is 0 Å². The van der Waals surface area contributed by atoms with Crippen molar-refractivity contribution >= 4 is 21.7 Å². The zero-order chi connectivity index (χ0) is 8.97. The summed E-state index contributed by atoms with van der Waals surface area (Å²) in [4.78, 5) is 18.7. The zero-order valence-corrected chi connectivity index (χ0v) is 8.34. The standard InChI is InChI=1S/C8H9BrN2O/c1-6(12)2-3-8-10-4-7(9)5-11-8/h4-5H,2-3H2,1H3. The second-order valence-corrected chi connectivity index (χ2v) is 3.44. The number of nitrogens with zero attached hydrogens (tertiary/aromatic N) is 2. The summed E-state index contributed by atoms with van der Waals surface area (Å²) in [5.74, 6) is 0.884. The summed E-state index contributed by atoms with van der Waals surface area (Å²) in [6.45, 7) is 1.57. The molecule has 0 atom stereocenters. The Labute approximate surface area is 79.4 Å². The number of rotatable bonds is 3. The number of ketones is 1. The van der Waals surface area contributed by atoms with Crippen LogP contribution in [0.25, 0.3) is 0 Å². The normalized spacial score (nSPS) is 9.83. The van der Waals surface area contributed by atoms with Crippen molar-refractivity contribution in [2.24, 2.45) is 0 Å². The number of hydrogen-bond acceptors (Lipinski definition) is 3. The van der Waals surface area contributed by atoms with Gasteiger partial charge in [0.05, 0.1) is 4.47 Å². The molecular weight excluding hydrogens is 220 g/mol. The van der Waals surface area contributed by atoms with Crippen molar-refractivity contribution in [3.05, 3.63) is 22.7 Å². The molecule has 0 aliphatic carbocycles. The predicted octanol–water partition coefficient (Wildman–Crippen LogP) is 1.76. The molecule has 0 N–H and O–H groups in total. The molecule has 0 bridgehead atoms. The topological polar surface area (TPSA) is 42.9 Å². The Morgan fingerprint density at radius 1 is 1.50 bits per heavy atom. The highest BCUT2D eigenvalue weighted by molar-refractivity contribution is 9.10. The molecule has 0 aliphatic heterocycles. The summed E-state index contributed by atoms with van der Waals surface area (Å²) in [6.07, 6.45) is 4.51. The molecule has 0 unspecified atom stereocenters. The molecule has 1 aromatic rings. The van der Waals surface area contributed by atoms with Crippen LogP contribution in [0.2, 0.25) is 0 Å². The highest BCUT2D eigenvalue weighted by atomic mass is 79.9. The molecule has 3 nitrogen and oxygen atoms in total. The third-order valence-corrected chi connectivity index (χ3v) is 1.78. The van der Waals surface area contributed by atoms with Gasteiger partial charge in [-0.1, -0.05) is 0 Å². The third kappa shape index (κ3) is 3.09. The first kappa shape index (κ1) is 9.32. The first-order chi connectivity index (χ1) is 5.68. The van der Waals surface area contributed by atoms with Crippen molar-refractivity contribution in [3.63, 3.8) is 0 Å². The summed E-state index contributed by atoms with van der Waals surface area (Å²) in [7, 11) is 0. The fraction of sp³-hybridized carbons (Fsp3) is 0.375. The molecule has 64 valence electrons. The second kappa shape index (κ2) is 4.30. The minimum atomic E-state index is 0.168. The van der Waals surface area contributed by atoms with Crippen LogP contribution in [0.4, 0.5) is 0 Å². The molecule has 0 fully saturated rings. The van der Waals surface area contributed by atoms with Crippen LogP contribution in [-0.2, 0) is 11.2 Å². The first-order valence-corrected chi connectivity index (χ1v) is 4.43. The van der Waals surface area contributed by atoms with Crippen molar-refractivity contribution in [2.75, 3.05) is 0 Å². The Morgan fingerprint density at radius 2 is 2.08 bits per heavy atom. The van der Waals surface area contributed by atoms with Gasteiger partial charge in [-0.25, -0.2) is 9.97 Å². The molecule has 0 amide bonds. The van der Waals surface area contributed by atoms with Crippen LogP contribution in [0, 0.1) is 0 Å². The average Bonchev–Trinajstić information content (AvgIpc) is 2.03. The average molecular weight is 229 g/mol. The smallest absolute Gasteiger partial charge is 0.130 e. The minimum Gasteiger partial charge on any atom is -0.300 e. The van der Waals surface area contributed by atoms with E-state index < -0.39 is 0 Å². The van der Waals surface area contributed by atoms with E-state index >= 15 is 0 Å². The van der Waals surface area contributed by atoms with Gasteiger partial charge in [-0.05, 0) is 22.9 Å². The van der Waals surface area contributed by atoms with Crippen molar-refractivity contribution in [1.29, 1.82) is 0 Å². The van der Waals surface area contributed by atoms with Crippen LogP contribution in [0.3, 0.4) is 0 Å². The Kier molecular flexibility index (Phi) is 3.34. The molecule has 1 heterocycles. The van der Waals surface area contributed by atoms with Crippen LogP contribution in [0.15, 0.2) is 16.9 Å². The molecule has 1 rings (SSSR count). The quantitative estimate of drug-likeness (QED) is 0.793. The zero-order valence-electron chi connectivity index (χ0n) is 6.75. The fourth-order valence-corrected chi connectivity index (χ4v) is 0.961. The number of halogens is 1. The lowest BCUT2D eigenvalue weighted by atomic mass is 10.2. The minimum absolute atomic E-state index is 0.168. The van der Waals surface area contributed by atoms with Crippen LogP contribution in [0.1, 0.15) is 19.2 Å². The monoisotopic (exact) mass is 228 g/mol. The molecule has 0 spiro atoms. The van der Waals surface area contributed by atoms with Crippen molar-refractivity contribution in [3.8, 4) is 0 Å². The van der Waals surface area contributed by atoms with Gasteiger partial charge in [-0.15, -0.1) is 0 Å². The van der Waals surface area contributed by atoms with Crippen molar-refractivity contribution < 1.29 is 4.79 Å².